The average Bonchev–Trinajstić information content (AvgIpc) is 2.57. The van der Waals surface area contributed by atoms with Gasteiger partial charge in [-0.25, -0.2) is 0 Å². The maximum absolute atomic E-state index is 12.4. The Balaban J connectivity index is 2.31. The number of aryl methyl sites for hydroxylation is 1. The lowest BCUT2D eigenvalue weighted by Gasteiger charge is -2.15. The Morgan fingerprint density at radius 3 is 2.57 bits per heavy atom. The van der Waals surface area contributed by atoms with Crippen LogP contribution in [0.4, 0.5) is 0 Å². The Hall–Kier alpha value is -2.20. The van der Waals surface area contributed by atoms with Crippen LogP contribution in [0.25, 0.3) is 21.9 Å². The monoisotopic (exact) mass is 325 g/mol. The van der Waals surface area contributed by atoms with Crippen LogP contribution in [0.2, 0.25) is 0 Å². The van der Waals surface area contributed by atoms with Crippen LogP contribution in [0.1, 0.15) is 13.3 Å². The molecule has 0 spiro atoms. The van der Waals surface area contributed by atoms with Crippen LogP contribution in [0, 0.1) is 0 Å². The van der Waals surface area contributed by atoms with Crippen LogP contribution in [0.5, 0.6) is 5.75 Å². The Kier molecular flexibility index (Phi) is 4.44. The largest absolute Gasteiger partial charge is 0.493 e. The van der Waals surface area contributed by atoms with Gasteiger partial charge in [-0.1, -0.05) is 25.1 Å². The summed E-state index contributed by atoms with van der Waals surface area (Å²) in [5.41, 5.74) is 1.94. The van der Waals surface area contributed by atoms with Crippen molar-refractivity contribution in [2.24, 2.45) is 7.05 Å². The van der Waals surface area contributed by atoms with E-state index in [-0.39, 0.29) is 5.56 Å². The number of ether oxygens (including phenoxy) is 1. The molecule has 3 aromatic rings. The van der Waals surface area contributed by atoms with Crippen LogP contribution in [-0.4, -0.2) is 11.2 Å². The van der Waals surface area contributed by atoms with Gasteiger partial charge in [0.05, 0.1) is 6.61 Å². The molecule has 3 rings (SSSR count). The molecule has 4 heteroatoms. The van der Waals surface area contributed by atoms with Gasteiger partial charge in [-0.15, -0.1) is 12.6 Å². The third-order valence-electron chi connectivity index (χ3n) is 3.81. The van der Waals surface area contributed by atoms with E-state index >= 15 is 0 Å². The molecule has 2 aromatic carbocycles. The molecule has 0 aliphatic heterocycles. The van der Waals surface area contributed by atoms with Gasteiger partial charge < -0.3 is 9.30 Å². The molecule has 0 unspecified atom stereocenters. The zero-order chi connectivity index (χ0) is 16.4. The Bertz CT molecular complexity index is 915. The molecule has 0 bridgehead atoms. The van der Waals surface area contributed by atoms with E-state index in [1.54, 1.807) is 11.6 Å². The molecule has 0 N–H and O–H groups in total. The summed E-state index contributed by atoms with van der Waals surface area (Å²) in [5, 5.41) is 1.63. The fourth-order valence-corrected chi connectivity index (χ4v) is 2.90. The lowest BCUT2D eigenvalue weighted by molar-refractivity contribution is 0.318. The summed E-state index contributed by atoms with van der Waals surface area (Å²) in [5.74, 6) is 0.813. The molecule has 0 aliphatic rings. The summed E-state index contributed by atoms with van der Waals surface area (Å²) >= 11 is 4.46. The predicted octanol–water partition coefficient (Wildman–Crippen LogP) is 4.28. The Morgan fingerprint density at radius 1 is 1.09 bits per heavy atom. The third kappa shape index (κ3) is 2.99. The SMILES string of the molecule is CCCOc1ccc(S)cc1-c1cn(C)c(=O)c2ccccc12. The van der Waals surface area contributed by atoms with Crippen LogP contribution in [0.15, 0.2) is 58.4 Å². The smallest absolute Gasteiger partial charge is 0.258 e. The first-order valence-electron chi connectivity index (χ1n) is 7.66. The van der Waals surface area contributed by atoms with E-state index in [4.69, 9.17) is 4.74 Å². The molecular formula is C19H19NO2S. The number of pyridine rings is 1. The van der Waals surface area contributed by atoms with E-state index < -0.39 is 0 Å². The second kappa shape index (κ2) is 6.50. The van der Waals surface area contributed by atoms with E-state index in [1.165, 1.54) is 0 Å². The summed E-state index contributed by atoms with van der Waals surface area (Å²) in [7, 11) is 1.77. The lowest BCUT2D eigenvalue weighted by atomic mass is 10.00. The zero-order valence-corrected chi connectivity index (χ0v) is 14.1. The molecule has 1 heterocycles. The highest BCUT2D eigenvalue weighted by molar-refractivity contribution is 7.80. The molecule has 0 amide bonds. The standard InChI is InChI=1S/C19H19NO2S/c1-3-10-22-18-9-8-13(23)11-16(18)17-12-20(2)19(21)15-7-5-4-6-14(15)17/h4-9,11-12,23H,3,10H2,1-2H3. The highest BCUT2D eigenvalue weighted by atomic mass is 32.1. The van der Waals surface area contributed by atoms with Gasteiger partial charge in [0.25, 0.3) is 5.56 Å². The molecule has 0 radical (unpaired) electrons. The van der Waals surface area contributed by atoms with Crippen molar-refractivity contribution in [1.82, 2.24) is 4.57 Å². The van der Waals surface area contributed by atoms with Crippen LogP contribution in [0.3, 0.4) is 0 Å². The first kappa shape index (κ1) is 15.7. The van der Waals surface area contributed by atoms with Crippen molar-refractivity contribution >= 4 is 23.4 Å². The minimum Gasteiger partial charge on any atom is -0.493 e. The first-order valence-corrected chi connectivity index (χ1v) is 8.11. The number of fused-ring (bicyclic) bond motifs is 1. The lowest BCUT2D eigenvalue weighted by Crippen LogP contribution is -2.16. The van der Waals surface area contributed by atoms with Gasteiger partial charge in [0.1, 0.15) is 5.75 Å². The summed E-state index contributed by atoms with van der Waals surface area (Å²) < 4.78 is 7.51. The van der Waals surface area contributed by atoms with Crippen molar-refractivity contribution in [3.05, 3.63) is 59.0 Å². The van der Waals surface area contributed by atoms with Crippen LogP contribution >= 0.6 is 12.6 Å². The normalized spacial score (nSPS) is 10.9. The van der Waals surface area contributed by atoms with Gasteiger partial charge in [0.15, 0.2) is 0 Å². The molecule has 1 aromatic heterocycles. The van der Waals surface area contributed by atoms with Gasteiger partial charge in [-0.05, 0) is 36.1 Å². The average molecular weight is 325 g/mol. The van der Waals surface area contributed by atoms with Gasteiger partial charge in [0.2, 0.25) is 0 Å². The molecule has 0 atom stereocenters. The highest BCUT2D eigenvalue weighted by Crippen LogP contribution is 2.35. The van der Waals surface area contributed by atoms with Gasteiger partial charge in [-0.3, -0.25) is 4.79 Å². The van der Waals surface area contributed by atoms with Gasteiger partial charge in [-0.2, -0.15) is 0 Å². The van der Waals surface area contributed by atoms with E-state index in [0.29, 0.717) is 12.0 Å². The number of hydrogen-bond donors (Lipinski definition) is 1. The van der Waals surface area contributed by atoms with E-state index in [1.807, 2.05) is 48.7 Å². The fourth-order valence-electron chi connectivity index (χ4n) is 2.70. The zero-order valence-electron chi connectivity index (χ0n) is 13.2. The minimum atomic E-state index is 0.00223. The molecule has 0 saturated heterocycles. The number of nitrogens with zero attached hydrogens (tertiary/aromatic N) is 1. The topological polar surface area (TPSA) is 31.2 Å². The van der Waals surface area contributed by atoms with E-state index in [0.717, 1.165) is 33.6 Å². The molecule has 3 nitrogen and oxygen atoms in total. The third-order valence-corrected chi connectivity index (χ3v) is 4.08. The van der Waals surface area contributed by atoms with E-state index in [9.17, 15) is 4.79 Å². The maximum Gasteiger partial charge on any atom is 0.258 e. The number of rotatable bonds is 4. The van der Waals surface area contributed by atoms with Crippen molar-refractivity contribution < 1.29 is 4.74 Å². The molecule has 23 heavy (non-hydrogen) atoms. The van der Waals surface area contributed by atoms with Crippen LogP contribution in [-0.2, 0) is 7.05 Å². The molecule has 0 saturated carbocycles. The number of thiol groups is 1. The number of aromatic nitrogens is 1. The first-order chi connectivity index (χ1) is 11.1. The summed E-state index contributed by atoms with van der Waals surface area (Å²) in [4.78, 5) is 13.2. The van der Waals surface area contributed by atoms with Crippen molar-refractivity contribution in [1.29, 1.82) is 0 Å². The molecule has 0 aliphatic carbocycles. The Morgan fingerprint density at radius 2 is 1.83 bits per heavy atom. The molecule has 0 fully saturated rings. The summed E-state index contributed by atoms with van der Waals surface area (Å²) in [6.07, 6.45) is 2.81. The number of hydrogen-bond acceptors (Lipinski definition) is 3. The fraction of sp³-hybridized carbons (Fsp3) is 0.211. The van der Waals surface area contributed by atoms with Crippen LogP contribution < -0.4 is 10.3 Å². The van der Waals surface area contributed by atoms with Crippen molar-refractivity contribution in [2.45, 2.75) is 18.2 Å². The van der Waals surface area contributed by atoms with Crippen molar-refractivity contribution in [3.63, 3.8) is 0 Å². The maximum atomic E-state index is 12.4. The minimum absolute atomic E-state index is 0.00223. The molecular weight excluding hydrogens is 306 g/mol. The van der Waals surface area contributed by atoms with Gasteiger partial charge in [0, 0.05) is 34.7 Å². The van der Waals surface area contributed by atoms with Crippen molar-refractivity contribution in [3.8, 4) is 16.9 Å². The van der Waals surface area contributed by atoms with Crippen molar-refractivity contribution in [2.75, 3.05) is 6.61 Å². The predicted molar refractivity (Wildman–Crippen MR) is 97.7 cm³/mol. The second-order valence-corrected chi connectivity index (χ2v) is 6.05. The second-order valence-electron chi connectivity index (χ2n) is 5.53. The summed E-state index contributed by atoms with van der Waals surface area (Å²) in [6, 6.07) is 13.5. The highest BCUT2D eigenvalue weighted by Gasteiger charge is 2.13. The molecule has 118 valence electrons. The number of benzene rings is 2. The van der Waals surface area contributed by atoms with E-state index in [2.05, 4.69) is 19.6 Å². The summed E-state index contributed by atoms with van der Waals surface area (Å²) in [6.45, 7) is 2.73. The van der Waals surface area contributed by atoms with Gasteiger partial charge >= 0.3 is 0 Å². The quantitative estimate of drug-likeness (QED) is 0.726. The Labute approximate surface area is 140 Å².